The first-order valence-corrected chi connectivity index (χ1v) is 9.18. The molecule has 0 fully saturated rings. The highest BCUT2D eigenvalue weighted by atomic mass is 32.1. The molecular formula is C20H18N4OS. The maximum atomic E-state index is 5.75. The maximum Gasteiger partial charge on any atom is 0.204 e. The van der Waals surface area contributed by atoms with E-state index in [1.165, 1.54) is 0 Å². The monoisotopic (exact) mass is 362 g/mol. The average molecular weight is 362 g/mol. The Labute approximate surface area is 155 Å². The number of hydrogen-bond donors (Lipinski definition) is 1. The molecule has 2 aromatic heterocycles. The van der Waals surface area contributed by atoms with Crippen LogP contribution in [0, 0.1) is 0 Å². The van der Waals surface area contributed by atoms with Gasteiger partial charge in [0.1, 0.15) is 12.4 Å². The third kappa shape index (κ3) is 3.92. The predicted molar refractivity (Wildman–Crippen MR) is 107 cm³/mol. The Bertz CT molecular complexity index is 974. The minimum absolute atomic E-state index is 0.602. The van der Waals surface area contributed by atoms with Gasteiger partial charge < -0.3 is 9.30 Å². The Hall–Kier alpha value is -3.12. The Morgan fingerprint density at radius 2 is 1.88 bits per heavy atom. The van der Waals surface area contributed by atoms with E-state index in [2.05, 4.69) is 26.1 Å². The number of rotatable bonds is 7. The molecule has 130 valence electrons. The van der Waals surface area contributed by atoms with E-state index in [0.717, 1.165) is 33.3 Å². The third-order valence-corrected chi connectivity index (χ3v) is 4.80. The quantitative estimate of drug-likeness (QED) is 0.385. The number of anilines is 1. The zero-order valence-corrected chi connectivity index (χ0v) is 14.9. The maximum absolute atomic E-state index is 5.75. The Kier molecular flexibility index (Phi) is 4.93. The van der Waals surface area contributed by atoms with Crippen molar-refractivity contribution in [1.29, 1.82) is 0 Å². The van der Waals surface area contributed by atoms with Gasteiger partial charge in [-0.15, -0.1) is 0 Å². The Morgan fingerprint density at radius 3 is 2.77 bits per heavy atom. The highest BCUT2D eigenvalue weighted by molar-refractivity contribution is 7.22. The lowest BCUT2D eigenvalue weighted by molar-refractivity contribution is 0.298. The summed E-state index contributed by atoms with van der Waals surface area (Å²) in [5.74, 6) is 0.882. The molecule has 0 atom stereocenters. The first-order valence-electron chi connectivity index (χ1n) is 8.36. The zero-order chi connectivity index (χ0) is 17.6. The minimum atomic E-state index is 0.602. The van der Waals surface area contributed by atoms with Crippen molar-refractivity contribution in [2.75, 3.05) is 12.0 Å². The summed E-state index contributed by atoms with van der Waals surface area (Å²) < 4.78 is 9.00. The molecule has 0 aliphatic carbocycles. The second-order valence-electron chi connectivity index (χ2n) is 5.64. The lowest BCUT2D eigenvalue weighted by atomic mass is 10.3. The van der Waals surface area contributed by atoms with Gasteiger partial charge in [0.2, 0.25) is 5.13 Å². The number of nitrogens with zero attached hydrogens (tertiary/aromatic N) is 3. The van der Waals surface area contributed by atoms with Gasteiger partial charge in [0.15, 0.2) is 0 Å². The largest absolute Gasteiger partial charge is 0.492 e. The lowest BCUT2D eigenvalue weighted by Gasteiger charge is -2.08. The van der Waals surface area contributed by atoms with Crippen LogP contribution in [0.25, 0.3) is 10.2 Å². The fourth-order valence-corrected chi connectivity index (χ4v) is 3.42. The molecule has 0 bridgehead atoms. The summed E-state index contributed by atoms with van der Waals surface area (Å²) in [7, 11) is 0. The van der Waals surface area contributed by atoms with E-state index in [1.807, 2.05) is 66.9 Å². The van der Waals surface area contributed by atoms with E-state index in [9.17, 15) is 0 Å². The van der Waals surface area contributed by atoms with Gasteiger partial charge in [-0.3, -0.25) is 5.43 Å². The molecule has 0 aliphatic heterocycles. The van der Waals surface area contributed by atoms with E-state index < -0.39 is 0 Å². The van der Waals surface area contributed by atoms with Crippen molar-refractivity contribution in [3.63, 3.8) is 0 Å². The van der Waals surface area contributed by atoms with Crippen LogP contribution in [0.5, 0.6) is 5.75 Å². The van der Waals surface area contributed by atoms with Crippen LogP contribution in [0.2, 0.25) is 0 Å². The van der Waals surface area contributed by atoms with Crippen molar-refractivity contribution in [3.05, 3.63) is 78.6 Å². The summed E-state index contributed by atoms with van der Waals surface area (Å²) in [4.78, 5) is 4.50. The van der Waals surface area contributed by atoms with Crippen LogP contribution >= 0.6 is 11.3 Å². The summed E-state index contributed by atoms with van der Waals surface area (Å²) in [6.45, 7) is 1.36. The van der Waals surface area contributed by atoms with E-state index in [4.69, 9.17) is 4.74 Å². The van der Waals surface area contributed by atoms with Gasteiger partial charge in [0, 0.05) is 6.20 Å². The molecular weight excluding hydrogens is 344 g/mol. The highest BCUT2D eigenvalue weighted by Gasteiger charge is 2.02. The molecule has 2 heterocycles. The van der Waals surface area contributed by atoms with Crippen LogP contribution in [0.1, 0.15) is 5.69 Å². The molecule has 0 aliphatic rings. The smallest absolute Gasteiger partial charge is 0.204 e. The molecule has 0 unspecified atom stereocenters. The molecule has 0 amide bonds. The number of aromatic nitrogens is 2. The lowest BCUT2D eigenvalue weighted by Crippen LogP contribution is -2.10. The number of ether oxygens (including phenoxy) is 1. The predicted octanol–water partition coefficient (Wildman–Crippen LogP) is 4.62. The van der Waals surface area contributed by atoms with Crippen molar-refractivity contribution >= 4 is 32.9 Å². The van der Waals surface area contributed by atoms with E-state index in [-0.39, 0.29) is 0 Å². The van der Waals surface area contributed by atoms with Gasteiger partial charge in [-0.25, -0.2) is 4.98 Å². The van der Waals surface area contributed by atoms with Crippen LogP contribution in [0.4, 0.5) is 5.13 Å². The summed E-state index contributed by atoms with van der Waals surface area (Å²) in [5, 5.41) is 5.10. The van der Waals surface area contributed by atoms with Gasteiger partial charge in [0.25, 0.3) is 0 Å². The van der Waals surface area contributed by atoms with Crippen LogP contribution < -0.4 is 10.2 Å². The minimum Gasteiger partial charge on any atom is -0.492 e. The van der Waals surface area contributed by atoms with Gasteiger partial charge in [-0.1, -0.05) is 41.7 Å². The summed E-state index contributed by atoms with van der Waals surface area (Å²) in [6.07, 6.45) is 3.82. The van der Waals surface area contributed by atoms with Crippen molar-refractivity contribution in [2.45, 2.75) is 6.54 Å². The first kappa shape index (κ1) is 16.4. The second-order valence-corrected chi connectivity index (χ2v) is 6.68. The summed E-state index contributed by atoms with van der Waals surface area (Å²) in [5.41, 5.74) is 5.01. The molecule has 6 heteroatoms. The topological polar surface area (TPSA) is 51.4 Å². The van der Waals surface area contributed by atoms with Crippen LogP contribution in [0.15, 0.2) is 78.0 Å². The van der Waals surface area contributed by atoms with Crippen LogP contribution in [0.3, 0.4) is 0 Å². The van der Waals surface area contributed by atoms with E-state index in [0.29, 0.717) is 6.61 Å². The van der Waals surface area contributed by atoms with Crippen LogP contribution in [-0.2, 0) is 6.54 Å². The van der Waals surface area contributed by atoms with Crippen LogP contribution in [-0.4, -0.2) is 22.4 Å². The molecule has 0 radical (unpaired) electrons. The van der Waals surface area contributed by atoms with Gasteiger partial charge in [-0.05, 0) is 36.4 Å². The Morgan fingerprint density at radius 1 is 1.04 bits per heavy atom. The van der Waals surface area contributed by atoms with E-state index in [1.54, 1.807) is 17.6 Å². The SMILES string of the molecule is C(=NNc1nc2ccccc2s1)c1cccn1CCOc1ccccc1. The number of hydrazone groups is 1. The van der Waals surface area contributed by atoms with E-state index >= 15 is 0 Å². The second kappa shape index (κ2) is 7.84. The van der Waals surface area contributed by atoms with Crippen molar-refractivity contribution in [2.24, 2.45) is 5.10 Å². The van der Waals surface area contributed by atoms with Gasteiger partial charge >= 0.3 is 0 Å². The molecule has 1 N–H and O–H groups in total. The number of fused-ring (bicyclic) bond motifs is 1. The normalized spacial score (nSPS) is 11.2. The molecule has 0 saturated heterocycles. The van der Waals surface area contributed by atoms with Crippen molar-refractivity contribution < 1.29 is 4.74 Å². The number of nitrogens with one attached hydrogen (secondary N) is 1. The fraction of sp³-hybridized carbons (Fsp3) is 0.100. The highest BCUT2D eigenvalue weighted by Crippen LogP contribution is 2.25. The molecule has 2 aromatic carbocycles. The fourth-order valence-electron chi connectivity index (χ4n) is 2.60. The zero-order valence-electron chi connectivity index (χ0n) is 14.1. The van der Waals surface area contributed by atoms with Gasteiger partial charge in [0.05, 0.1) is 28.7 Å². The van der Waals surface area contributed by atoms with Gasteiger partial charge in [-0.2, -0.15) is 5.10 Å². The number of thiazole rings is 1. The number of para-hydroxylation sites is 2. The number of benzene rings is 2. The standard InChI is InChI=1S/C20H18N4OS/c1-2-8-17(9-3-1)25-14-13-24-12-6-7-16(24)15-21-23-20-22-18-10-4-5-11-19(18)26-20/h1-12,15H,13-14H2,(H,22,23). The first-order chi connectivity index (χ1) is 12.9. The summed E-state index contributed by atoms with van der Waals surface area (Å²) >= 11 is 1.59. The molecule has 5 nitrogen and oxygen atoms in total. The average Bonchev–Trinajstić information content (AvgIpc) is 3.29. The van der Waals surface area contributed by atoms with Crippen molar-refractivity contribution in [3.8, 4) is 5.75 Å². The molecule has 26 heavy (non-hydrogen) atoms. The van der Waals surface area contributed by atoms with Crippen molar-refractivity contribution in [1.82, 2.24) is 9.55 Å². The third-order valence-electron chi connectivity index (χ3n) is 3.86. The molecule has 0 saturated carbocycles. The summed E-state index contributed by atoms with van der Waals surface area (Å²) in [6, 6.07) is 21.9. The number of hydrogen-bond acceptors (Lipinski definition) is 5. The molecule has 0 spiro atoms. The Balaban J connectivity index is 1.35. The molecule has 4 rings (SSSR count). The molecule has 4 aromatic rings.